The molecule has 0 radical (unpaired) electrons. The van der Waals surface area contributed by atoms with E-state index in [1.54, 1.807) is 0 Å². The zero-order valence-electron chi connectivity index (χ0n) is 15.6. The highest BCUT2D eigenvalue weighted by atomic mass is 16.3. The topological polar surface area (TPSA) is 108 Å². The summed E-state index contributed by atoms with van der Waals surface area (Å²) in [6.07, 6.45) is 3.10. The Morgan fingerprint density at radius 3 is 2.22 bits per heavy atom. The van der Waals surface area contributed by atoms with Gasteiger partial charge in [0.05, 0.1) is 5.84 Å². The van der Waals surface area contributed by atoms with Gasteiger partial charge in [0, 0.05) is 17.7 Å². The van der Waals surface area contributed by atoms with E-state index in [2.05, 4.69) is 22.2 Å². The van der Waals surface area contributed by atoms with Gasteiger partial charge in [0.15, 0.2) is 11.6 Å². The average Bonchev–Trinajstić information content (AvgIpc) is 2.71. The fourth-order valence-electron chi connectivity index (χ4n) is 2.24. The molecule has 0 saturated heterocycles. The fourth-order valence-corrected chi connectivity index (χ4v) is 2.24. The van der Waals surface area contributed by atoms with E-state index in [0.717, 1.165) is 17.7 Å². The Hall–Kier alpha value is -3.41. The van der Waals surface area contributed by atoms with Crippen LogP contribution in [0.1, 0.15) is 25.8 Å². The van der Waals surface area contributed by atoms with E-state index in [4.69, 9.17) is 11.1 Å². The Balaban J connectivity index is 0.000000465. The molecule has 0 aliphatic carbocycles. The van der Waals surface area contributed by atoms with Gasteiger partial charge in [-0.1, -0.05) is 56.3 Å². The van der Waals surface area contributed by atoms with E-state index in [9.17, 15) is 5.11 Å². The van der Waals surface area contributed by atoms with Crippen LogP contribution in [0.4, 0.5) is 11.5 Å². The molecule has 0 saturated carbocycles. The number of aryl methyl sites for hydroxylation is 1. The average molecular weight is 363 g/mol. The molecule has 140 valence electrons. The van der Waals surface area contributed by atoms with Gasteiger partial charge in [0.25, 0.3) is 0 Å². The highest BCUT2D eigenvalue weighted by molar-refractivity contribution is 5.76. The monoisotopic (exact) mass is 363 g/mol. The van der Waals surface area contributed by atoms with Crippen molar-refractivity contribution in [3.05, 3.63) is 66.5 Å². The molecule has 0 aliphatic rings. The van der Waals surface area contributed by atoms with E-state index in [-0.39, 0.29) is 11.6 Å². The number of benzene rings is 2. The number of rotatable bonds is 5. The Kier molecular flexibility index (Phi) is 7.31. The minimum absolute atomic E-state index is 0.0515. The molecule has 0 unspecified atom stereocenters. The molecule has 2 aromatic carbocycles. The second-order valence-corrected chi connectivity index (χ2v) is 5.84. The number of nitrogens with zero attached hydrogens (tertiary/aromatic N) is 2. The van der Waals surface area contributed by atoms with Crippen LogP contribution in [0.3, 0.4) is 0 Å². The summed E-state index contributed by atoms with van der Waals surface area (Å²) in [5, 5.41) is 20.1. The number of nitrogens with one attached hydrogen (secondary N) is 2. The molecule has 0 fully saturated rings. The van der Waals surface area contributed by atoms with Crippen LogP contribution in [0.15, 0.2) is 60.9 Å². The predicted molar refractivity (Wildman–Crippen MR) is 110 cm³/mol. The van der Waals surface area contributed by atoms with Crippen molar-refractivity contribution in [3.8, 4) is 17.0 Å². The maximum Gasteiger partial charge on any atom is 0.185 e. The smallest absolute Gasteiger partial charge is 0.185 e. The number of hydrogen-bond acceptors (Lipinski definition) is 5. The summed E-state index contributed by atoms with van der Waals surface area (Å²) in [5.41, 5.74) is 8.38. The van der Waals surface area contributed by atoms with Crippen molar-refractivity contribution in [3.63, 3.8) is 0 Å². The van der Waals surface area contributed by atoms with Crippen LogP contribution < -0.4 is 11.1 Å². The third kappa shape index (κ3) is 5.81. The van der Waals surface area contributed by atoms with Gasteiger partial charge in [-0.2, -0.15) is 0 Å². The second kappa shape index (κ2) is 9.91. The lowest BCUT2D eigenvalue weighted by atomic mass is 10.1. The first kappa shape index (κ1) is 19.9. The minimum atomic E-state index is 0.0515. The molecule has 0 aliphatic heterocycles. The van der Waals surface area contributed by atoms with Gasteiger partial charge >= 0.3 is 0 Å². The number of nitrogens with two attached hydrogens (primary N) is 1. The van der Waals surface area contributed by atoms with Crippen molar-refractivity contribution in [2.75, 3.05) is 5.32 Å². The van der Waals surface area contributed by atoms with E-state index < -0.39 is 0 Å². The molecule has 0 bridgehead atoms. The zero-order chi connectivity index (χ0) is 19.6. The van der Waals surface area contributed by atoms with Crippen molar-refractivity contribution in [2.45, 2.75) is 26.7 Å². The van der Waals surface area contributed by atoms with Gasteiger partial charge in [0.2, 0.25) is 0 Å². The van der Waals surface area contributed by atoms with Crippen LogP contribution in [0.25, 0.3) is 11.3 Å². The highest BCUT2D eigenvalue weighted by Gasteiger charge is 2.12. The number of amidine groups is 1. The summed E-state index contributed by atoms with van der Waals surface area (Å²) >= 11 is 0. The van der Waals surface area contributed by atoms with Crippen molar-refractivity contribution < 1.29 is 5.11 Å². The second-order valence-electron chi connectivity index (χ2n) is 5.84. The standard InChI is InChI=1S/C18H17N3O.C3H8N2/c1-2-13-8-10-14(11-9-13)16-17(22)18(20-12-19-16)21-15-6-4-3-5-7-15;1-2-3(4)5/h3-12,22H,2H2,1H3,(H,19,20,21);2H2,1H3,(H3,4,5). The van der Waals surface area contributed by atoms with Crippen molar-refractivity contribution >= 4 is 17.3 Å². The quantitative estimate of drug-likeness (QED) is 0.395. The molecule has 3 aromatic rings. The fraction of sp³-hybridized carbons (Fsp3) is 0.190. The Labute approximate surface area is 159 Å². The van der Waals surface area contributed by atoms with E-state index >= 15 is 0 Å². The molecular formula is C21H25N5O. The van der Waals surface area contributed by atoms with Crippen LogP contribution in [0.2, 0.25) is 0 Å². The number of para-hydroxylation sites is 1. The number of hydrogen-bond donors (Lipinski definition) is 4. The summed E-state index contributed by atoms with van der Waals surface area (Å²) in [6, 6.07) is 17.6. The minimum Gasteiger partial charge on any atom is -0.503 e. The number of aromatic hydroxyl groups is 1. The molecule has 0 spiro atoms. The van der Waals surface area contributed by atoms with E-state index in [1.165, 1.54) is 11.9 Å². The number of anilines is 2. The summed E-state index contributed by atoms with van der Waals surface area (Å²) in [7, 11) is 0. The molecule has 6 nitrogen and oxygen atoms in total. The summed E-state index contributed by atoms with van der Waals surface area (Å²) in [6.45, 7) is 3.96. The summed E-state index contributed by atoms with van der Waals surface area (Å²) in [5.74, 6) is 0.705. The van der Waals surface area contributed by atoms with E-state index in [0.29, 0.717) is 17.9 Å². The largest absolute Gasteiger partial charge is 0.503 e. The maximum absolute atomic E-state index is 10.4. The molecular weight excluding hydrogens is 338 g/mol. The first-order valence-electron chi connectivity index (χ1n) is 8.83. The molecule has 1 aromatic heterocycles. The van der Waals surface area contributed by atoms with Gasteiger partial charge in [-0.3, -0.25) is 5.41 Å². The number of aromatic nitrogens is 2. The predicted octanol–water partition coefficient (Wildman–Crippen LogP) is 4.49. The van der Waals surface area contributed by atoms with Gasteiger partial charge < -0.3 is 16.2 Å². The highest BCUT2D eigenvalue weighted by Crippen LogP contribution is 2.33. The first-order valence-corrected chi connectivity index (χ1v) is 8.83. The zero-order valence-corrected chi connectivity index (χ0v) is 15.6. The van der Waals surface area contributed by atoms with Crippen molar-refractivity contribution in [1.82, 2.24) is 9.97 Å². The first-order chi connectivity index (χ1) is 13.0. The van der Waals surface area contributed by atoms with Gasteiger partial charge in [-0.25, -0.2) is 9.97 Å². The lowest BCUT2D eigenvalue weighted by molar-refractivity contribution is 0.475. The van der Waals surface area contributed by atoms with Crippen LogP contribution in [-0.2, 0) is 6.42 Å². The van der Waals surface area contributed by atoms with E-state index in [1.807, 2.05) is 61.5 Å². The Morgan fingerprint density at radius 2 is 1.67 bits per heavy atom. The molecule has 3 rings (SSSR count). The molecule has 0 atom stereocenters. The molecule has 5 N–H and O–H groups in total. The SMILES string of the molecule is CCC(=N)N.CCc1ccc(-c2ncnc(Nc3ccccc3)c2O)cc1. The molecule has 1 heterocycles. The normalized spacial score (nSPS) is 9.85. The lowest BCUT2D eigenvalue weighted by Crippen LogP contribution is -2.05. The van der Waals surface area contributed by atoms with Crippen LogP contribution in [-0.4, -0.2) is 20.9 Å². The molecule has 6 heteroatoms. The summed E-state index contributed by atoms with van der Waals surface area (Å²) < 4.78 is 0. The van der Waals surface area contributed by atoms with Crippen molar-refractivity contribution in [1.29, 1.82) is 5.41 Å². The van der Waals surface area contributed by atoms with Crippen LogP contribution in [0.5, 0.6) is 5.75 Å². The van der Waals surface area contributed by atoms with Crippen LogP contribution >= 0.6 is 0 Å². The third-order valence-electron chi connectivity index (χ3n) is 3.88. The van der Waals surface area contributed by atoms with Crippen molar-refractivity contribution in [2.24, 2.45) is 5.73 Å². The molecule has 27 heavy (non-hydrogen) atoms. The lowest BCUT2D eigenvalue weighted by Gasteiger charge is -2.10. The van der Waals surface area contributed by atoms with Crippen LogP contribution in [0, 0.1) is 5.41 Å². The molecule has 0 amide bonds. The van der Waals surface area contributed by atoms with Gasteiger partial charge in [-0.05, 0) is 24.1 Å². The summed E-state index contributed by atoms with van der Waals surface area (Å²) in [4.78, 5) is 8.33. The Bertz CT molecular complexity index is 864. The maximum atomic E-state index is 10.4. The Morgan fingerprint density at radius 1 is 1.04 bits per heavy atom. The third-order valence-corrected chi connectivity index (χ3v) is 3.88. The van der Waals surface area contributed by atoms with Gasteiger partial charge in [-0.15, -0.1) is 0 Å². The van der Waals surface area contributed by atoms with Gasteiger partial charge in [0.1, 0.15) is 12.0 Å².